The lowest BCUT2D eigenvalue weighted by molar-refractivity contribution is -0.173. The van der Waals surface area contributed by atoms with Crippen molar-refractivity contribution in [2.24, 2.45) is 5.92 Å². The van der Waals surface area contributed by atoms with Crippen LogP contribution in [0.5, 0.6) is 0 Å². The Bertz CT molecular complexity index is 388. The summed E-state index contributed by atoms with van der Waals surface area (Å²) in [6.07, 6.45) is 0.524. The summed E-state index contributed by atoms with van der Waals surface area (Å²) in [5.74, 6) is -0.978. The molecule has 0 aromatic rings. The smallest absolute Gasteiger partial charge is 0.306 e. The van der Waals surface area contributed by atoms with Gasteiger partial charge in [-0.15, -0.1) is 0 Å². The molecule has 2 rings (SSSR count). The number of aliphatic hydroxyl groups is 1. The van der Waals surface area contributed by atoms with E-state index >= 15 is 0 Å². The quantitative estimate of drug-likeness (QED) is 0.632. The molecule has 20 heavy (non-hydrogen) atoms. The average Bonchev–Trinajstić information content (AvgIpc) is 2.60. The van der Waals surface area contributed by atoms with Crippen LogP contribution in [0.25, 0.3) is 0 Å². The SMILES string of the molecule is C=C(C(C)O)C1CCCC(=O)O[C@@H]1[C@H]1COC(C)(C)O1. The Labute approximate surface area is 119 Å². The van der Waals surface area contributed by atoms with Gasteiger partial charge in [0.15, 0.2) is 5.79 Å². The van der Waals surface area contributed by atoms with E-state index in [1.807, 2.05) is 13.8 Å². The topological polar surface area (TPSA) is 65.0 Å². The number of ether oxygens (including phenoxy) is 3. The summed E-state index contributed by atoms with van der Waals surface area (Å²) in [4.78, 5) is 11.7. The van der Waals surface area contributed by atoms with Gasteiger partial charge in [-0.1, -0.05) is 6.58 Å². The van der Waals surface area contributed by atoms with Gasteiger partial charge in [0.05, 0.1) is 12.7 Å². The van der Waals surface area contributed by atoms with Crippen LogP contribution in [0.3, 0.4) is 0 Å². The Morgan fingerprint density at radius 1 is 1.50 bits per heavy atom. The van der Waals surface area contributed by atoms with Gasteiger partial charge >= 0.3 is 5.97 Å². The van der Waals surface area contributed by atoms with Gasteiger partial charge in [0.1, 0.15) is 12.2 Å². The summed E-state index contributed by atoms with van der Waals surface area (Å²) in [6.45, 7) is 9.71. The van der Waals surface area contributed by atoms with Crippen LogP contribution in [0.2, 0.25) is 0 Å². The highest BCUT2D eigenvalue weighted by Crippen LogP contribution is 2.35. The minimum atomic E-state index is -0.667. The molecular weight excluding hydrogens is 260 g/mol. The first kappa shape index (κ1) is 15.5. The van der Waals surface area contributed by atoms with Gasteiger partial charge in [-0.05, 0) is 39.2 Å². The van der Waals surface area contributed by atoms with E-state index in [4.69, 9.17) is 14.2 Å². The Balaban J connectivity index is 2.18. The molecule has 1 N–H and O–H groups in total. The zero-order valence-corrected chi connectivity index (χ0v) is 12.4. The lowest BCUT2D eigenvalue weighted by Gasteiger charge is -2.31. The molecule has 4 atom stereocenters. The normalized spacial score (nSPS) is 35.2. The molecule has 0 radical (unpaired) electrons. The van der Waals surface area contributed by atoms with Crippen molar-refractivity contribution in [2.75, 3.05) is 6.61 Å². The molecule has 0 bridgehead atoms. The second-order valence-corrected chi connectivity index (χ2v) is 6.07. The van der Waals surface area contributed by atoms with Crippen molar-refractivity contribution in [3.05, 3.63) is 12.2 Å². The number of rotatable bonds is 3. The van der Waals surface area contributed by atoms with Crippen molar-refractivity contribution >= 4 is 5.97 Å². The van der Waals surface area contributed by atoms with Gasteiger partial charge in [-0.3, -0.25) is 4.79 Å². The van der Waals surface area contributed by atoms with Crippen LogP contribution in [0, 0.1) is 5.92 Å². The summed E-state index contributed by atoms with van der Waals surface area (Å²) in [5.41, 5.74) is 0.693. The number of hydrogen-bond acceptors (Lipinski definition) is 5. The third kappa shape index (κ3) is 3.40. The Morgan fingerprint density at radius 2 is 2.20 bits per heavy atom. The molecule has 0 aliphatic carbocycles. The van der Waals surface area contributed by atoms with Crippen LogP contribution in [0.1, 0.15) is 40.0 Å². The van der Waals surface area contributed by atoms with Crippen molar-refractivity contribution < 1.29 is 24.1 Å². The summed E-state index contributed by atoms with van der Waals surface area (Å²) < 4.78 is 17.0. The van der Waals surface area contributed by atoms with Crippen LogP contribution in [-0.4, -0.2) is 41.8 Å². The monoisotopic (exact) mass is 284 g/mol. The van der Waals surface area contributed by atoms with Crippen LogP contribution in [0.15, 0.2) is 12.2 Å². The van der Waals surface area contributed by atoms with Crippen molar-refractivity contribution in [1.82, 2.24) is 0 Å². The largest absolute Gasteiger partial charge is 0.459 e. The number of aliphatic hydroxyl groups excluding tert-OH is 1. The minimum absolute atomic E-state index is 0.0936. The van der Waals surface area contributed by atoms with Crippen LogP contribution < -0.4 is 0 Å². The first-order chi connectivity index (χ1) is 9.30. The Morgan fingerprint density at radius 3 is 2.75 bits per heavy atom. The number of carbonyl (C=O) groups is 1. The fraction of sp³-hybridized carbons (Fsp3) is 0.800. The zero-order valence-electron chi connectivity index (χ0n) is 12.4. The molecule has 0 aromatic heterocycles. The van der Waals surface area contributed by atoms with Gasteiger partial charge < -0.3 is 19.3 Å². The van der Waals surface area contributed by atoms with E-state index in [0.717, 1.165) is 12.8 Å². The van der Waals surface area contributed by atoms with Gasteiger partial charge in [0, 0.05) is 12.3 Å². The van der Waals surface area contributed by atoms with E-state index in [9.17, 15) is 9.90 Å². The third-order valence-electron chi connectivity index (χ3n) is 3.97. The molecule has 2 heterocycles. The molecule has 2 fully saturated rings. The molecule has 2 aliphatic rings. The minimum Gasteiger partial charge on any atom is -0.459 e. The molecule has 5 heteroatoms. The first-order valence-electron chi connectivity index (χ1n) is 7.18. The van der Waals surface area contributed by atoms with Crippen LogP contribution >= 0.6 is 0 Å². The zero-order chi connectivity index (χ0) is 14.9. The fourth-order valence-corrected chi connectivity index (χ4v) is 2.84. The maximum Gasteiger partial charge on any atom is 0.306 e. The van der Waals surface area contributed by atoms with Crippen LogP contribution in [-0.2, 0) is 19.0 Å². The molecule has 0 spiro atoms. The van der Waals surface area contributed by atoms with E-state index in [1.165, 1.54) is 0 Å². The van der Waals surface area contributed by atoms with Gasteiger partial charge in [0.2, 0.25) is 0 Å². The average molecular weight is 284 g/mol. The second-order valence-electron chi connectivity index (χ2n) is 6.07. The molecule has 0 amide bonds. The molecule has 0 saturated carbocycles. The van der Waals surface area contributed by atoms with E-state index in [-0.39, 0.29) is 18.0 Å². The standard InChI is InChI=1S/C15H24O5/c1-9(10(2)16)11-6-5-7-13(17)19-14(11)12-8-18-15(3,4)20-12/h10-12,14,16H,1,5-8H2,2-4H3/t10?,11?,12-,14+/m1/s1. The molecule has 0 aromatic carbocycles. The van der Waals surface area contributed by atoms with Crippen LogP contribution in [0.4, 0.5) is 0 Å². The number of cyclic esters (lactones) is 1. The van der Waals surface area contributed by atoms with Gasteiger partial charge in [-0.2, -0.15) is 0 Å². The molecule has 5 nitrogen and oxygen atoms in total. The van der Waals surface area contributed by atoms with Crippen molar-refractivity contribution in [3.8, 4) is 0 Å². The van der Waals surface area contributed by atoms with E-state index in [2.05, 4.69) is 6.58 Å². The Kier molecular flexibility index (Phi) is 4.52. The maximum absolute atomic E-state index is 11.7. The summed E-state index contributed by atoms with van der Waals surface area (Å²) in [7, 11) is 0. The summed E-state index contributed by atoms with van der Waals surface area (Å²) >= 11 is 0. The van der Waals surface area contributed by atoms with E-state index in [1.54, 1.807) is 6.92 Å². The van der Waals surface area contributed by atoms with E-state index in [0.29, 0.717) is 18.6 Å². The molecule has 2 saturated heterocycles. The van der Waals surface area contributed by atoms with Crippen molar-refractivity contribution in [2.45, 2.75) is 64.1 Å². The summed E-state index contributed by atoms with van der Waals surface area (Å²) in [5, 5.41) is 9.78. The number of esters is 1. The lowest BCUT2D eigenvalue weighted by atomic mass is 9.85. The van der Waals surface area contributed by atoms with E-state index < -0.39 is 18.0 Å². The molecular formula is C15H24O5. The van der Waals surface area contributed by atoms with Crippen molar-refractivity contribution in [3.63, 3.8) is 0 Å². The second kappa shape index (κ2) is 5.84. The molecule has 114 valence electrons. The van der Waals surface area contributed by atoms with Gasteiger partial charge in [0.25, 0.3) is 0 Å². The van der Waals surface area contributed by atoms with Gasteiger partial charge in [-0.25, -0.2) is 0 Å². The fourth-order valence-electron chi connectivity index (χ4n) is 2.84. The predicted molar refractivity (Wildman–Crippen MR) is 72.9 cm³/mol. The highest BCUT2D eigenvalue weighted by atomic mass is 16.8. The lowest BCUT2D eigenvalue weighted by Crippen LogP contribution is -2.41. The van der Waals surface area contributed by atoms with Crippen molar-refractivity contribution in [1.29, 1.82) is 0 Å². The first-order valence-corrected chi connectivity index (χ1v) is 7.18. The third-order valence-corrected chi connectivity index (χ3v) is 3.97. The maximum atomic E-state index is 11.7. The predicted octanol–water partition coefficient (Wildman–Crippen LogP) is 1.79. The number of hydrogen-bond donors (Lipinski definition) is 1. The highest BCUT2D eigenvalue weighted by molar-refractivity contribution is 5.70. The molecule has 2 unspecified atom stereocenters. The summed E-state index contributed by atoms with van der Waals surface area (Å²) in [6, 6.07) is 0. The highest BCUT2D eigenvalue weighted by Gasteiger charge is 2.44. The number of carbonyl (C=O) groups excluding carboxylic acids is 1. The molecule has 2 aliphatic heterocycles. The Hall–Kier alpha value is -0.910.